The van der Waals surface area contributed by atoms with Crippen LogP contribution in [0.15, 0.2) is 0 Å². The van der Waals surface area contributed by atoms with Crippen LogP contribution in [0.1, 0.15) is 27.2 Å². The summed E-state index contributed by atoms with van der Waals surface area (Å²) >= 11 is 4.82. The lowest BCUT2D eigenvalue weighted by Crippen LogP contribution is -2.41. The van der Waals surface area contributed by atoms with Crippen LogP contribution in [0.5, 0.6) is 0 Å². The molecule has 0 heterocycles. The summed E-state index contributed by atoms with van der Waals surface area (Å²) in [6.45, 7) is 8.64. The Bertz CT molecular complexity index is 231. The van der Waals surface area contributed by atoms with E-state index in [-0.39, 0.29) is 5.91 Å². The molecule has 0 bridgehead atoms. The number of rotatable bonds is 8. The highest BCUT2D eigenvalue weighted by Crippen LogP contribution is 1.96. The van der Waals surface area contributed by atoms with Gasteiger partial charge in [-0.1, -0.05) is 33.0 Å². The van der Waals surface area contributed by atoms with Gasteiger partial charge in [-0.2, -0.15) is 0 Å². The van der Waals surface area contributed by atoms with E-state index < -0.39 is 0 Å². The maximum absolute atomic E-state index is 11.5. The molecule has 0 saturated carbocycles. The van der Waals surface area contributed by atoms with E-state index in [4.69, 9.17) is 18.0 Å². The third-order valence-electron chi connectivity index (χ3n) is 2.24. The average molecular weight is 245 g/mol. The molecule has 4 nitrogen and oxygen atoms in total. The summed E-state index contributed by atoms with van der Waals surface area (Å²) in [4.78, 5) is 13.9. The maximum Gasteiger partial charge on any atom is 0.234 e. The molecule has 0 aromatic carbocycles. The minimum Gasteiger partial charge on any atom is -0.392 e. The van der Waals surface area contributed by atoms with Crippen LogP contribution in [0.2, 0.25) is 0 Å². The Morgan fingerprint density at radius 2 is 2.06 bits per heavy atom. The van der Waals surface area contributed by atoms with Gasteiger partial charge in [0.25, 0.3) is 0 Å². The predicted molar refractivity (Wildman–Crippen MR) is 71.4 cm³/mol. The monoisotopic (exact) mass is 245 g/mol. The van der Waals surface area contributed by atoms with Gasteiger partial charge >= 0.3 is 0 Å². The first-order valence-electron chi connectivity index (χ1n) is 5.73. The smallest absolute Gasteiger partial charge is 0.234 e. The molecule has 0 aliphatic rings. The molecule has 0 atom stereocenters. The van der Waals surface area contributed by atoms with Crippen LogP contribution in [0.25, 0.3) is 0 Å². The van der Waals surface area contributed by atoms with Gasteiger partial charge in [-0.3, -0.25) is 9.69 Å². The van der Waals surface area contributed by atoms with Gasteiger partial charge in [-0.05, 0) is 18.9 Å². The van der Waals surface area contributed by atoms with Crippen LogP contribution in [-0.2, 0) is 4.79 Å². The highest BCUT2D eigenvalue weighted by Gasteiger charge is 2.09. The number of carbonyl (C=O) groups is 1. The fourth-order valence-corrected chi connectivity index (χ4v) is 1.44. The first-order chi connectivity index (χ1) is 7.45. The van der Waals surface area contributed by atoms with E-state index in [9.17, 15) is 4.79 Å². The lowest BCUT2D eigenvalue weighted by atomic mass is 10.1. The first kappa shape index (κ1) is 15.3. The maximum atomic E-state index is 11.5. The molecule has 0 unspecified atom stereocenters. The first-order valence-corrected chi connectivity index (χ1v) is 6.13. The summed E-state index contributed by atoms with van der Waals surface area (Å²) < 4.78 is 0. The van der Waals surface area contributed by atoms with E-state index in [1.54, 1.807) is 0 Å². The number of nitrogens with one attached hydrogen (secondary N) is 1. The van der Waals surface area contributed by atoms with Crippen molar-refractivity contribution in [3.8, 4) is 0 Å². The van der Waals surface area contributed by atoms with Crippen LogP contribution in [0.3, 0.4) is 0 Å². The van der Waals surface area contributed by atoms with E-state index in [0.717, 1.165) is 19.5 Å². The van der Waals surface area contributed by atoms with Crippen molar-refractivity contribution in [1.82, 2.24) is 10.2 Å². The Balaban J connectivity index is 3.78. The Morgan fingerprint density at radius 1 is 1.44 bits per heavy atom. The standard InChI is InChI=1S/C11H23N3OS/c1-4-14(7-10(12)16)8-11(15)13-6-5-9(2)3/h9H,4-8H2,1-3H3,(H2,12,16)(H,13,15). The van der Waals surface area contributed by atoms with Gasteiger partial charge in [-0.25, -0.2) is 0 Å². The number of thiocarbonyl (C=S) groups is 1. The summed E-state index contributed by atoms with van der Waals surface area (Å²) in [6, 6.07) is 0. The number of nitrogens with zero attached hydrogens (tertiary/aromatic N) is 1. The van der Waals surface area contributed by atoms with Gasteiger partial charge < -0.3 is 11.1 Å². The van der Waals surface area contributed by atoms with E-state index in [1.807, 2.05) is 11.8 Å². The average Bonchev–Trinajstić information content (AvgIpc) is 2.15. The molecular weight excluding hydrogens is 222 g/mol. The Morgan fingerprint density at radius 3 is 2.50 bits per heavy atom. The largest absolute Gasteiger partial charge is 0.392 e. The van der Waals surface area contributed by atoms with E-state index in [1.165, 1.54) is 0 Å². The molecular formula is C11H23N3OS. The van der Waals surface area contributed by atoms with Gasteiger partial charge in [0.1, 0.15) is 0 Å². The van der Waals surface area contributed by atoms with Crippen LogP contribution in [0.4, 0.5) is 0 Å². The molecule has 5 heteroatoms. The molecule has 0 spiro atoms. The van der Waals surface area contributed by atoms with E-state index in [0.29, 0.717) is 24.0 Å². The Labute approximate surface area is 104 Å². The molecule has 0 radical (unpaired) electrons. The lowest BCUT2D eigenvalue weighted by molar-refractivity contribution is -0.122. The summed E-state index contributed by atoms with van der Waals surface area (Å²) in [5, 5.41) is 2.89. The molecule has 0 aliphatic carbocycles. The predicted octanol–water partition coefficient (Wildman–Crippen LogP) is 0.757. The van der Waals surface area contributed by atoms with Gasteiger partial charge in [0.2, 0.25) is 5.91 Å². The zero-order valence-corrected chi connectivity index (χ0v) is 11.3. The van der Waals surface area contributed by atoms with E-state index in [2.05, 4.69) is 19.2 Å². The number of hydrogen-bond acceptors (Lipinski definition) is 3. The molecule has 16 heavy (non-hydrogen) atoms. The molecule has 0 saturated heterocycles. The SMILES string of the molecule is CCN(CC(=O)NCCC(C)C)CC(N)=S. The Hall–Kier alpha value is -0.680. The van der Waals surface area contributed by atoms with Crippen molar-refractivity contribution >= 4 is 23.1 Å². The zero-order valence-electron chi connectivity index (χ0n) is 10.5. The topological polar surface area (TPSA) is 58.4 Å². The minimum absolute atomic E-state index is 0.0405. The molecule has 0 fully saturated rings. The summed E-state index contributed by atoms with van der Waals surface area (Å²) in [5.74, 6) is 0.651. The third-order valence-corrected chi connectivity index (χ3v) is 2.37. The molecule has 0 rings (SSSR count). The van der Waals surface area contributed by atoms with E-state index >= 15 is 0 Å². The van der Waals surface area contributed by atoms with Crippen molar-refractivity contribution in [3.05, 3.63) is 0 Å². The van der Waals surface area contributed by atoms with Crippen LogP contribution in [0, 0.1) is 5.92 Å². The lowest BCUT2D eigenvalue weighted by Gasteiger charge is -2.19. The second-order valence-corrected chi connectivity index (χ2v) is 4.83. The highest BCUT2D eigenvalue weighted by molar-refractivity contribution is 7.80. The van der Waals surface area contributed by atoms with Gasteiger partial charge in [0.15, 0.2) is 0 Å². The zero-order chi connectivity index (χ0) is 12.6. The normalized spacial score (nSPS) is 10.8. The molecule has 1 amide bonds. The fourth-order valence-electron chi connectivity index (χ4n) is 1.26. The summed E-state index contributed by atoms with van der Waals surface area (Å²) in [6.07, 6.45) is 1.01. The number of likely N-dealkylation sites (N-methyl/N-ethyl adjacent to an activating group) is 1. The van der Waals surface area contributed by atoms with Crippen molar-refractivity contribution in [2.24, 2.45) is 11.7 Å². The third kappa shape index (κ3) is 8.61. The minimum atomic E-state index is 0.0405. The fraction of sp³-hybridized carbons (Fsp3) is 0.818. The second kappa shape index (κ2) is 8.47. The molecule has 0 aliphatic heterocycles. The van der Waals surface area contributed by atoms with Gasteiger partial charge in [0, 0.05) is 13.1 Å². The van der Waals surface area contributed by atoms with Gasteiger partial charge in [0.05, 0.1) is 11.5 Å². The van der Waals surface area contributed by atoms with Crippen LogP contribution < -0.4 is 11.1 Å². The van der Waals surface area contributed by atoms with Crippen molar-refractivity contribution in [2.75, 3.05) is 26.2 Å². The van der Waals surface area contributed by atoms with Crippen LogP contribution >= 0.6 is 12.2 Å². The number of nitrogens with two attached hydrogens (primary N) is 1. The highest BCUT2D eigenvalue weighted by atomic mass is 32.1. The molecule has 0 aromatic rings. The number of hydrogen-bond donors (Lipinski definition) is 2. The molecule has 3 N–H and O–H groups in total. The Kier molecular flexibility index (Phi) is 8.11. The van der Waals surface area contributed by atoms with Crippen molar-refractivity contribution < 1.29 is 4.79 Å². The number of amides is 1. The van der Waals surface area contributed by atoms with Crippen molar-refractivity contribution in [2.45, 2.75) is 27.2 Å². The number of carbonyl (C=O) groups excluding carboxylic acids is 1. The van der Waals surface area contributed by atoms with Crippen molar-refractivity contribution in [1.29, 1.82) is 0 Å². The second-order valence-electron chi connectivity index (χ2n) is 4.30. The summed E-state index contributed by atoms with van der Waals surface area (Å²) in [5.41, 5.74) is 5.44. The van der Waals surface area contributed by atoms with Crippen molar-refractivity contribution in [3.63, 3.8) is 0 Å². The molecule has 0 aromatic heterocycles. The summed E-state index contributed by atoms with van der Waals surface area (Å²) in [7, 11) is 0. The van der Waals surface area contributed by atoms with Gasteiger partial charge in [-0.15, -0.1) is 0 Å². The van der Waals surface area contributed by atoms with Crippen LogP contribution in [-0.4, -0.2) is 42.0 Å². The molecule has 94 valence electrons. The quantitative estimate of drug-likeness (QED) is 0.620.